The summed E-state index contributed by atoms with van der Waals surface area (Å²) in [5.41, 5.74) is 3.57. The van der Waals surface area contributed by atoms with Gasteiger partial charge in [-0.1, -0.05) is 25.2 Å². The van der Waals surface area contributed by atoms with Crippen molar-refractivity contribution in [1.29, 1.82) is 0 Å². The topological polar surface area (TPSA) is 50.8 Å². The van der Waals surface area contributed by atoms with Crippen LogP contribution in [0.4, 0.5) is 0 Å². The molecular formula is C16H25BN2O3. The Hall–Kier alpha value is -0.945. The first-order valence-corrected chi connectivity index (χ1v) is 8.03. The molecule has 0 saturated carbocycles. The highest BCUT2D eigenvalue weighted by Gasteiger charge is 2.53. The summed E-state index contributed by atoms with van der Waals surface area (Å²) in [6.45, 7) is 11.1. The van der Waals surface area contributed by atoms with Crippen LogP contribution in [-0.4, -0.2) is 48.2 Å². The Bertz CT molecular complexity index is 513. The number of carbonyl (C=O) groups is 1. The summed E-state index contributed by atoms with van der Waals surface area (Å²) in [7, 11) is -0.370. The maximum Gasteiger partial charge on any atom is 0.494 e. The van der Waals surface area contributed by atoms with E-state index in [2.05, 4.69) is 35.6 Å². The zero-order valence-electron chi connectivity index (χ0n) is 14.0. The van der Waals surface area contributed by atoms with Crippen molar-refractivity contribution in [3.8, 4) is 0 Å². The van der Waals surface area contributed by atoms with E-state index in [1.807, 2.05) is 27.7 Å². The molecule has 3 unspecified atom stereocenters. The molecule has 6 heteroatoms. The van der Waals surface area contributed by atoms with Gasteiger partial charge in [0, 0.05) is 12.5 Å². The van der Waals surface area contributed by atoms with Crippen molar-refractivity contribution in [2.75, 3.05) is 6.54 Å². The van der Waals surface area contributed by atoms with Crippen LogP contribution in [0, 0.1) is 5.92 Å². The third kappa shape index (κ3) is 2.38. The second-order valence-corrected chi connectivity index (χ2v) is 7.26. The SMILES string of the molecule is CCN1NC(C=O)C2C=C(B3OC(C)(C)C(C)(C)O3)C=CC21. The van der Waals surface area contributed by atoms with Crippen molar-refractivity contribution in [3.05, 3.63) is 23.7 Å². The van der Waals surface area contributed by atoms with E-state index < -0.39 is 0 Å². The van der Waals surface area contributed by atoms with Gasteiger partial charge < -0.3 is 14.1 Å². The number of hydrazine groups is 1. The molecule has 0 aromatic rings. The number of carbonyl (C=O) groups excluding carboxylic acids is 1. The number of fused-ring (bicyclic) bond motifs is 1. The molecule has 0 amide bonds. The minimum Gasteiger partial charge on any atom is -0.399 e. The highest BCUT2D eigenvalue weighted by atomic mass is 16.7. The average Bonchev–Trinajstić information content (AvgIpc) is 2.92. The average molecular weight is 304 g/mol. The zero-order valence-corrected chi connectivity index (χ0v) is 14.0. The summed E-state index contributed by atoms with van der Waals surface area (Å²) in [5, 5.41) is 2.11. The Labute approximate surface area is 132 Å². The molecule has 1 aliphatic carbocycles. The normalized spacial score (nSPS) is 36.3. The first-order valence-electron chi connectivity index (χ1n) is 8.03. The van der Waals surface area contributed by atoms with Gasteiger partial charge in [0.15, 0.2) is 0 Å². The van der Waals surface area contributed by atoms with Crippen molar-refractivity contribution in [2.24, 2.45) is 5.92 Å². The number of allylic oxidation sites excluding steroid dienone is 2. The molecule has 0 aromatic carbocycles. The van der Waals surface area contributed by atoms with Gasteiger partial charge in [-0.05, 0) is 33.2 Å². The van der Waals surface area contributed by atoms with Gasteiger partial charge in [-0.25, -0.2) is 10.4 Å². The maximum atomic E-state index is 11.4. The molecule has 3 aliphatic rings. The molecule has 120 valence electrons. The summed E-state index contributed by atoms with van der Waals surface area (Å²) in [4.78, 5) is 11.4. The molecule has 0 aromatic heterocycles. The van der Waals surface area contributed by atoms with Crippen LogP contribution < -0.4 is 5.43 Å². The Morgan fingerprint density at radius 3 is 2.50 bits per heavy atom. The summed E-state index contributed by atoms with van der Waals surface area (Å²) in [6.07, 6.45) is 7.34. The predicted octanol–water partition coefficient (Wildman–Crippen LogP) is 1.51. The third-order valence-corrected chi connectivity index (χ3v) is 5.37. The number of rotatable bonds is 3. The van der Waals surface area contributed by atoms with Gasteiger partial charge in [-0.15, -0.1) is 0 Å². The molecule has 2 fully saturated rings. The number of hydrogen-bond acceptors (Lipinski definition) is 5. The molecule has 0 bridgehead atoms. The number of likely N-dealkylation sites (N-methyl/N-ethyl adjacent to an activating group) is 1. The van der Waals surface area contributed by atoms with Crippen molar-refractivity contribution in [3.63, 3.8) is 0 Å². The van der Waals surface area contributed by atoms with Crippen LogP contribution >= 0.6 is 0 Å². The van der Waals surface area contributed by atoms with Crippen LogP contribution in [0.1, 0.15) is 34.6 Å². The van der Waals surface area contributed by atoms with Crippen LogP contribution in [0.15, 0.2) is 23.7 Å². The molecule has 2 heterocycles. The second kappa shape index (κ2) is 5.30. The monoisotopic (exact) mass is 304 g/mol. The van der Waals surface area contributed by atoms with Crippen molar-refractivity contribution >= 4 is 13.4 Å². The molecule has 2 aliphatic heterocycles. The van der Waals surface area contributed by atoms with Gasteiger partial charge >= 0.3 is 7.12 Å². The molecule has 22 heavy (non-hydrogen) atoms. The molecule has 1 N–H and O–H groups in total. The van der Waals surface area contributed by atoms with Gasteiger partial charge in [0.1, 0.15) is 6.29 Å². The number of aldehydes is 1. The third-order valence-electron chi connectivity index (χ3n) is 5.37. The van der Waals surface area contributed by atoms with E-state index in [-0.39, 0.29) is 36.3 Å². The number of nitrogens with one attached hydrogen (secondary N) is 1. The Morgan fingerprint density at radius 1 is 1.32 bits per heavy atom. The molecule has 2 saturated heterocycles. The van der Waals surface area contributed by atoms with Crippen LogP contribution in [0.3, 0.4) is 0 Å². The quantitative estimate of drug-likeness (QED) is 0.633. The van der Waals surface area contributed by atoms with Crippen LogP contribution in [0.5, 0.6) is 0 Å². The van der Waals surface area contributed by atoms with Gasteiger partial charge in [-0.2, -0.15) is 0 Å². The molecule has 0 spiro atoms. The van der Waals surface area contributed by atoms with Crippen molar-refractivity contribution in [1.82, 2.24) is 10.4 Å². The zero-order chi connectivity index (χ0) is 16.1. The van der Waals surface area contributed by atoms with Crippen molar-refractivity contribution in [2.45, 2.75) is 57.9 Å². The Balaban J connectivity index is 1.83. The highest BCUT2D eigenvalue weighted by molar-refractivity contribution is 6.55. The Morgan fingerprint density at radius 2 is 1.95 bits per heavy atom. The van der Waals surface area contributed by atoms with Gasteiger partial charge in [0.25, 0.3) is 0 Å². The highest BCUT2D eigenvalue weighted by Crippen LogP contribution is 2.40. The summed E-state index contributed by atoms with van der Waals surface area (Å²) >= 11 is 0. The summed E-state index contributed by atoms with van der Waals surface area (Å²) < 4.78 is 12.2. The first-order chi connectivity index (χ1) is 10.3. The maximum absolute atomic E-state index is 11.4. The van der Waals surface area contributed by atoms with Crippen LogP contribution in [0.25, 0.3) is 0 Å². The smallest absolute Gasteiger partial charge is 0.399 e. The van der Waals surface area contributed by atoms with Crippen LogP contribution in [-0.2, 0) is 14.1 Å². The molecule has 5 nitrogen and oxygen atoms in total. The minimum atomic E-state index is -0.370. The Kier molecular flexibility index (Phi) is 3.84. The number of hydrogen-bond donors (Lipinski definition) is 1. The lowest BCUT2D eigenvalue weighted by Crippen LogP contribution is -2.41. The lowest BCUT2D eigenvalue weighted by Gasteiger charge is -2.32. The molecular weight excluding hydrogens is 279 g/mol. The standard InChI is InChI=1S/C16H25BN2O3/c1-6-19-14-8-7-11(9-12(14)13(10-20)18-19)17-21-15(2,3)16(4,5)22-17/h7-10,12-14,18H,6H2,1-5H3. The van der Waals surface area contributed by atoms with E-state index in [0.29, 0.717) is 0 Å². The van der Waals surface area contributed by atoms with E-state index in [4.69, 9.17) is 9.31 Å². The van der Waals surface area contributed by atoms with E-state index in [9.17, 15) is 4.79 Å². The van der Waals surface area contributed by atoms with Gasteiger partial charge in [0.2, 0.25) is 0 Å². The molecule has 0 radical (unpaired) electrons. The van der Waals surface area contributed by atoms with E-state index in [1.54, 1.807) is 0 Å². The lowest BCUT2D eigenvalue weighted by atomic mass is 9.72. The van der Waals surface area contributed by atoms with Crippen molar-refractivity contribution < 1.29 is 14.1 Å². The minimum absolute atomic E-state index is 0.122. The first kappa shape index (κ1) is 15.9. The van der Waals surface area contributed by atoms with E-state index in [1.165, 1.54) is 0 Å². The second-order valence-electron chi connectivity index (χ2n) is 7.26. The van der Waals surface area contributed by atoms with E-state index >= 15 is 0 Å². The fraction of sp³-hybridized carbons (Fsp3) is 0.688. The number of nitrogens with zero attached hydrogens (tertiary/aromatic N) is 1. The largest absolute Gasteiger partial charge is 0.494 e. The van der Waals surface area contributed by atoms with Gasteiger partial charge in [-0.3, -0.25) is 0 Å². The fourth-order valence-corrected chi connectivity index (χ4v) is 3.27. The molecule has 3 atom stereocenters. The van der Waals surface area contributed by atoms with Gasteiger partial charge in [0.05, 0.1) is 23.3 Å². The van der Waals surface area contributed by atoms with Crippen LogP contribution in [0.2, 0.25) is 0 Å². The summed E-state index contributed by atoms with van der Waals surface area (Å²) in [6, 6.07) is 0.0266. The fourth-order valence-electron chi connectivity index (χ4n) is 3.27. The molecule has 3 rings (SSSR count). The van der Waals surface area contributed by atoms with E-state index in [0.717, 1.165) is 18.3 Å². The predicted molar refractivity (Wildman–Crippen MR) is 86.0 cm³/mol. The lowest BCUT2D eigenvalue weighted by molar-refractivity contribution is -0.110. The summed E-state index contributed by atoms with van der Waals surface area (Å²) in [5.74, 6) is 0.122.